The van der Waals surface area contributed by atoms with Gasteiger partial charge >= 0.3 is 0 Å². The summed E-state index contributed by atoms with van der Waals surface area (Å²) in [5, 5.41) is 10.7. The summed E-state index contributed by atoms with van der Waals surface area (Å²) < 4.78 is 5.38. The van der Waals surface area contributed by atoms with Crippen LogP contribution in [0.3, 0.4) is 0 Å². The van der Waals surface area contributed by atoms with E-state index in [4.69, 9.17) is 4.74 Å². The van der Waals surface area contributed by atoms with E-state index in [9.17, 15) is 9.59 Å². The molecule has 0 bridgehead atoms. The molecule has 4 aliphatic rings. The number of carbonyl (C=O) groups excluding carboxylic acids is 2. The fourth-order valence-corrected chi connectivity index (χ4v) is 6.68. The third kappa shape index (κ3) is 5.80. The second-order valence-electron chi connectivity index (χ2n) is 10.8. The zero-order chi connectivity index (χ0) is 23.4. The summed E-state index contributed by atoms with van der Waals surface area (Å²) in [4.78, 5) is 28.2. The van der Waals surface area contributed by atoms with E-state index >= 15 is 0 Å². The van der Waals surface area contributed by atoms with E-state index in [2.05, 4.69) is 42.5 Å². The summed E-state index contributed by atoms with van der Waals surface area (Å²) in [6, 6.07) is 0.420. The molecule has 7 heteroatoms. The van der Waals surface area contributed by atoms with Crippen molar-refractivity contribution in [2.45, 2.75) is 83.0 Å². The zero-order valence-corrected chi connectivity index (χ0v) is 20.6. The number of piperidine rings is 1. The number of carbonyl (C=O) groups is 2. The van der Waals surface area contributed by atoms with Crippen molar-refractivity contribution in [2.24, 2.45) is 23.7 Å². The van der Waals surface area contributed by atoms with Crippen LogP contribution in [0.25, 0.3) is 0 Å². The van der Waals surface area contributed by atoms with Crippen molar-refractivity contribution < 1.29 is 14.3 Å². The summed E-state index contributed by atoms with van der Waals surface area (Å²) in [5.41, 5.74) is 0. The number of nitrogens with zero attached hydrogens (tertiary/aromatic N) is 1. The van der Waals surface area contributed by atoms with E-state index in [1.165, 1.54) is 19.3 Å². The molecule has 1 saturated carbocycles. The van der Waals surface area contributed by atoms with Crippen LogP contribution < -0.4 is 16.0 Å². The molecule has 0 aromatic rings. The number of ether oxygens (including phenoxy) is 1. The van der Waals surface area contributed by atoms with Gasteiger partial charge in [0.05, 0.1) is 19.3 Å². The zero-order valence-electron chi connectivity index (χ0n) is 20.6. The minimum atomic E-state index is -0.153. The average molecular weight is 461 g/mol. The minimum Gasteiger partial charge on any atom is -0.378 e. The third-order valence-corrected chi connectivity index (χ3v) is 8.72. The molecule has 3 saturated heterocycles. The van der Waals surface area contributed by atoms with Gasteiger partial charge in [-0.3, -0.25) is 9.59 Å². The average Bonchev–Trinajstić information content (AvgIpc) is 3.29. The first kappa shape index (κ1) is 24.7. The maximum atomic E-state index is 13.5. The SMILES string of the molecule is C=CC1CCC(C)C2NC(C(=O)NC(CCC(=O)N3CCOCC3)C3NCCCC3C)CC12. The lowest BCUT2D eigenvalue weighted by atomic mass is 9.71. The Balaban J connectivity index is 1.39. The Hall–Kier alpha value is -1.44. The molecule has 0 aromatic heterocycles. The second-order valence-corrected chi connectivity index (χ2v) is 10.8. The van der Waals surface area contributed by atoms with Crippen molar-refractivity contribution in [3.8, 4) is 0 Å². The molecule has 4 rings (SSSR count). The first-order chi connectivity index (χ1) is 16.0. The highest BCUT2D eigenvalue weighted by Gasteiger charge is 2.45. The van der Waals surface area contributed by atoms with Crippen molar-refractivity contribution in [3.63, 3.8) is 0 Å². The lowest BCUT2D eigenvalue weighted by Gasteiger charge is -2.37. The van der Waals surface area contributed by atoms with Gasteiger partial charge in [0.25, 0.3) is 0 Å². The van der Waals surface area contributed by atoms with E-state index < -0.39 is 0 Å². The van der Waals surface area contributed by atoms with Crippen LogP contribution in [0.5, 0.6) is 0 Å². The van der Waals surface area contributed by atoms with Gasteiger partial charge in [-0.15, -0.1) is 6.58 Å². The summed E-state index contributed by atoms with van der Waals surface area (Å²) in [6.45, 7) is 12.2. The Morgan fingerprint density at radius 3 is 2.70 bits per heavy atom. The van der Waals surface area contributed by atoms with Crippen molar-refractivity contribution in [1.82, 2.24) is 20.9 Å². The molecular weight excluding hydrogens is 416 g/mol. The lowest BCUT2D eigenvalue weighted by Crippen LogP contribution is -2.58. The summed E-state index contributed by atoms with van der Waals surface area (Å²) >= 11 is 0. The van der Waals surface area contributed by atoms with Gasteiger partial charge in [-0.25, -0.2) is 0 Å². The first-order valence-electron chi connectivity index (χ1n) is 13.3. The molecule has 7 nitrogen and oxygen atoms in total. The lowest BCUT2D eigenvalue weighted by molar-refractivity contribution is -0.135. The van der Waals surface area contributed by atoms with E-state index in [1.54, 1.807) is 0 Å². The fourth-order valence-electron chi connectivity index (χ4n) is 6.68. The van der Waals surface area contributed by atoms with E-state index in [-0.39, 0.29) is 29.9 Å². The van der Waals surface area contributed by atoms with Gasteiger partial charge in [-0.05, 0) is 68.7 Å². The van der Waals surface area contributed by atoms with E-state index in [0.717, 1.165) is 19.4 Å². The first-order valence-corrected chi connectivity index (χ1v) is 13.3. The van der Waals surface area contributed by atoms with Gasteiger partial charge in [-0.1, -0.05) is 19.9 Å². The minimum absolute atomic E-state index is 0.0326. The monoisotopic (exact) mass is 460 g/mol. The number of nitrogens with one attached hydrogen (secondary N) is 3. The van der Waals surface area contributed by atoms with Crippen molar-refractivity contribution in [3.05, 3.63) is 12.7 Å². The number of allylic oxidation sites excluding steroid dienone is 1. The summed E-state index contributed by atoms with van der Waals surface area (Å²) in [7, 11) is 0. The molecule has 4 fully saturated rings. The predicted octanol–water partition coefficient (Wildman–Crippen LogP) is 2.08. The highest BCUT2D eigenvalue weighted by Crippen LogP contribution is 2.41. The molecule has 186 valence electrons. The highest BCUT2D eigenvalue weighted by molar-refractivity contribution is 5.83. The van der Waals surface area contributed by atoms with Crippen LogP contribution in [0, 0.1) is 23.7 Å². The number of hydrogen-bond donors (Lipinski definition) is 3. The smallest absolute Gasteiger partial charge is 0.237 e. The molecular formula is C26H44N4O3. The Morgan fingerprint density at radius 1 is 1.18 bits per heavy atom. The van der Waals surface area contributed by atoms with Gasteiger partial charge < -0.3 is 25.6 Å². The quantitative estimate of drug-likeness (QED) is 0.507. The molecule has 0 radical (unpaired) electrons. The van der Waals surface area contributed by atoms with Gasteiger partial charge in [0.15, 0.2) is 0 Å². The third-order valence-electron chi connectivity index (χ3n) is 8.72. The van der Waals surface area contributed by atoms with E-state index in [0.29, 0.717) is 68.9 Å². The van der Waals surface area contributed by atoms with Gasteiger partial charge in [0.2, 0.25) is 11.8 Å². The normalized spacial score (nSPS) is 37.8. The number of hydrogen-bond acceptors (Lipinski definition) is 5. The number of amides is 2. The molecule has 8 unspecified atom stereocenters. The van der Waals surface area contributed by atoms with Crippen LogP contribution in [0.1, 0.15) is 58.8 Å². The Kier molecular flexibility index (Phi) is 8.47. The fraction of sp³-hybridized carbons (Fsp3) is 0.846. The van der Waals surface area contributed by atoms with Crippen LogP contribution in [0.2, 0.25) is 0 Å². The van der Waals surface area contributed by atoms with Crippen LogP contribution >= 0.6 is 0 Å². The summed E-state index contributed by atoms with van der Waals surface area (Å²) in [6.07, 6.45) is 8.81. The molecule has 0 spiro atoms. The number of fused-ring (bicyclic) bond motifs is 1. The molecule has 3 heterocycles. The summed E-state index contributed by atoms with van der Waals surface area (Å²) in [5.74, 6) is 2.34. The van der Waals surface area contributed by atoms with Gasteiger partial charge in [-0.2, -0.15) is 0 Å². The Labute approximate surface area is 199 Å². The second kappa shape index (κ2) is 11.3. The van der Waals surface area contributed by atoms with Crippen LogP contribution in [-0.4, -0.2) is 73.7 Å². The topological polar surface area (TPSA) is 82.7 Å². The number of morpholine rings is 1. The Morgan fingerprint density at radius 2 is 1.97 bits per heavy atom. The Bertz CT molecular complexity index is 695. The van der Waals surface area contributed by atoms with Crippen molar-refractivity contribution >= 4 is 11.8 Å². The standard InChI is InChI=1S/C26H44N4O3/c1-4-19-8-7-18(3)24-20(19)16-22(28-24)26(32)29-21(25-17(2)6-5-11-27-25)9-10-23(31)30-12-14-33-15-13-30/h4,17-22,24-25,27-28H,1,5-16H2,2-3H3,(H,29,32). The molecule has 33 heavy (non-hydrogen) atoms. The van der Waals surface area contributed by atoms with Crippen molar-refractivity contribution in [1.29, 1.82) is 0 Å². The molecule has 2 amide bonds. The molecule has 3 N–H and O–H groups in total. The van der Waals surface area contributed by atoms with Gasteiger partial charge in [0, 0.05) is 37.6 Å². The molecule has 3 aliphatic heterocycles. The molecule has 0 aromatic carbocycles. The largest absolute Gasteiger partial charge is 0.378 e. The van der Waals surface area contributed by atoms with Crippen molar-refractivity contribution in [2.75, 3.05) is 32.8 Å². The number of rotatable bonds is 7. The van der Waals surface area contributed by atoms with E-state index in [1.807, 2.05) is 4.90 Å². The highest BCUT2D eigenvalue weighted by atomic mass is 16.5. The maximum Gasteiger partial charge on any atom is 0.237 e. The van der Waals surface area contributed by atoms with Crippen LogP contribution in [0.15, 0.2) is 12.7 Å². The van der Waals surface area contributed by atoms with Crippen LogP contribution in [0.4, 0.5) is 0 Å². The molecule has 8 atom stereocenters. The van der Waals surface area contributed by atoms with Gasteiger partial charge in [0.1, 0.15) is 0 Å². The van der Waals surface area contributed by atoms with Crippen LogP contribution in [-0.2, 0) is 14.3 Å². The predicted molar refractivity (Wildman–Crippen MR) is 130 cm³/mol. The maximum absolute atomic E-state index is 13.5. The molecule has 1 aliphatic carbocycles.